The third-order valence-corrected chi connectivity index (χ3v) is 4.29. The van der Waals surface area contributed by atoms with Crippen LogP contribution in [0.25, 0.3) is 10.8 Å². The first kappa shape index (κ1) is 18.6. The highest BCUT2D eigenvalue weighted by atomic mass is 16.5. The summed E-state index contributed by atoms with van der Waals surface area (Å²) in [6.45, 7) is 2.76. The van der Waals surface area contributed by atoms with Gasteiger partial charge in [-0.05, 0) is 42.1 Å². The molecule has 3 aromatic rings. The predicted molar refractivity (Wildman–Crippen MR) is 107 cm³/mol. The lowest BCUT2D eigenvalue weighted by atomic mass is 10.0. The molecule has 0 amide bonds. The van der Waals surface area contributed by atoms with E-state index in [1.54, 1.807) is 21.1 Å². The monoisotopic (exact) mass is 365 g/mol. The molecule has 140 valence electrons. The van der Waals surface area contributed by atoms with Gasteiger partial charge < -0.3 is 19.5 Å². The van der Waals surface area contributed by atoms with Crippen LogP contribution in [0.1, 0.15) is 22.8 Å². The van der Waals surface area contributed by atoms with Gasteiger partial charge in [0.15, 0.2) is 11.5 Å². The normalized spacial score (nSPS) is 10.5. The van der Waals surface area contributed by atoms with Crippen molar-refractivity contribution in [3.8, 4) is 11.5 Å². The van der Waals surface area contributed by atoms with E-state index in [4.69, 9.17) is 14.2 Å². The van der Waals surface area contributed by atoms with Crippen LogP contribution in [0.5, 0.6) is 11.5 Å². The molecule has 0 unspecified atom stereocenters. The summed E-state index contributed by atoms with van der Waals surface area (Å²) in [5, 5.41) is 5.24. The van der Waals surface area contributed by atoms with Gasteiger partial charge in [-0.2, -0.15) is 0 Å². The molecule has 0 radical (unpaired) electrons. The minimum absolute atomic E-state index is 0.329. The molecule has 0 atom stereocenters. The highest BCUT2D eigenvalue weighted by Gasteiger charge is 2.14. The fourth-order valence-corrected chi connectivity index (χ4v) is 2.96. The molecule has 0 aliphatic rings. The van der Waals surface area contributed by atoms with Gasteiger partial charge in [0.05, 0.1) is 26.4 Å². The van der Waals surface area contributed by atoms with Crippen LogP contribution in [-0.4, -0.2) is 26.8 Å². The van der Waals surface area contributed by atoms with Crippen LogP contribution in [0, 0.1) is 0 Å². The molecule has 5 nitrogen and oxygen atoms in total. The van der Waals surface area contributed by atoms with Crippen LogP contribution in [0.15, 0.2) is 54.6 Å². The number of nitrogens with one attached hydrogen (secondary N) is 1. The third kappa shape index (κ3) is 4.14. The van der Waals surface area contributed by atoms with E-state index in [9.17, 15) is 4.79 Å². The maximum absolute atomic E-state index is 12.3. The lowest BCUT2D eigenvalue weighted by molar-refractivity contribution is 0.0526. The van der Waals surface area contributed by atoms with E-state index in [-0.39, 0.29) is 5.97 Å². The van der Waals surface area contributed by atoms with Crippen molar-refractivity contribution in [3.05, 3.63) is 65.7 Å². The molecular weight excluding hydrogens is 342 g/mol. The Morgan fingerprint density at radius 3 is 2.33 bits per heavy atom. The van der Waals surface area contributed by atoms with Crippen molar-refractivity contribution in [3.63, 3.8) is 0 Å². The summed E-state index contributed by atoms with van der Waals surface area (Å²) in [4.78, 5) is 12.3. The van der Waals surface area contributed by atoms with Crippen molar-refractivity contribution in [1.29, 1.82) is 0 Å². The molecule has 3 aromatic carbocycles. The number of hydrogen-bond acceptors (Lipinski definition) is 5. The molecule has 0 aliphatic carbocycles. The van der Waals surface area contributed by atoms with Gasteiger partial charge in [0.1, 0.15) is 0 Å². The van der Waals surface area contributed by atoms with Crippen molar-refractivity contribution in [1.82, 2.24) is 0 Å². The maximum atomic E-state index is 12.3. The average Bonchev–Trinajstić information content (AvgIpc) is 2.71. The zero-order valence-electron chi connectivity index (χ0n) is 15.7. The molecule has 5 heteroatoms. The van der Waals surface area contributed by atoms with Crippen molar-refractivity contribution in [2.24, 2.45) is 0 Å². The number of fused-ring (bicyclic) bond motifs is 1. The molecule has 0 aliphatic heterocycles. The fourth-order valence-electron chi connectivity index (χ4n) is 2.96. The second-order valence-electron chi connectivity index (χ2n) is 6.01. The summed E-state index contributed by atoms with van der Waals surface area (Å²) < 4.78 is 16.0. The van der Waals surface area contributed by atoms with Gasteiger partial charge in [-0.3, -0.25) is 0 Å². The molecule has 0 heterocycles. The second kappa shape index (κ2) is 8.45. The average molecular weight is 365 g/mol. The van der Waals surface area contributed by atoms with Gasteiger partial charge in [-0.1, -0.05) is 30.3 Å². The first-order valence-corrected chi connectivity index (χ1v) is 8.81. The molecule has 0 spiro atoms. The summed E-state index contributed by atoms with van der Waals surface area (Å²) in [5.41, 5.74) is 2.47. The van der Waals surface area contributed by atoms with Gasteiger partial charge in [-0.25, -0.2) is 4.79 Å². The Bertz CT molecular complexity index is 938. The minimum atomic E-state index is -0.350. The number of methoxy groups -OCH3 is 2. The van der Waals surface area contributed by atoms with E-state index in [1.807, 2.05) is 54.6 Å². The first-order chi connectivity index (χ1) is 13.2. The largest absolute Gasteiger partial charge is 0.493 e. The van der Waals surface area contributed by atoms with Gasteiger partial charge in [-0.15, -0.1) is 0 Å². The van der Waals surface area contributed by atoms with E-state index in [2.05, 4.69) is 5.32 Å². The van der Waals surface area contributed by atoms with Gasteiger partial charge >= 0.3 is 5.97 Å². The number of benzene rings is 3. The smallest absolute Gasteiger partial charge is 0.338 e. The Balaban J connectivity index is 2.07. The minimum Gasteiger partial charge on any atom is -0.493 e. The van der Waals surface area contributed by atoms with Gasteiger partial charge in [0, 0.05) is 17.6 Å². The highest BCUT2D eigenvalue weighted by Crippen LogP contribution is 2.36. The molecule has 1 N–H and O–H groups in total. The zero-order chi connectivity index (χ0) is 19.2. The van der Waals surface area contributed by atoms with Gasteiger partial charge in [0.2, 0.25) is 0 Å². The number of carbonyl (C=O) groups is 1. The van der Waals surface area contributed by atoms with Crippen LogP contribution < -0.4 is 14.8 Å². The summed E-state index contributed by atoms with van der Waals surface area (Å²) in [7, 11) is 3.20. The zero-order valence-corrected chi connectivity index (χ0v) is 15.7. The predicted octanol–water partition coefficient (Wildman–Crippen LogP) is 4.65. The second-order valence-corrected chi connectivity index (χ2v) is 6.01. The summed E-state index contributed by atoms with van der Waals surface area (Å²) >= 11 is 0. The summed E-state index contributed by atoms with van der Waals surface area (Å²) in [6.07, 6.45) is 0. The topological polar surface area (TPSA) is 56.8 Å². The Hall–Kier alpha value is -3.21. The number of esters is 1. The number of rotatable bonds is 7. The lowest BCUT2D eigenvalue weighted by Crippen LogP contribution is -2.07. The lowest BCUT2D eigenvalue weighted by Gasteiger charge is -2.15. The van der Waals surface area contributed by atoms with Crippen LogP contribution in [0.3, 0.4) is 0 Å². The van der Waals surface area contributed by atoms with E-state index < -0.39 is 0 Å². The van der Waals surface area contributed by atoms with Crippen LogP contribution in [-0.2, 0) is 11.3 Å². The SMILES string of the molecule is CCOC(=O)c1cc(NCc2ccccc2)c2cc(OC)c(OC)cc2c1. The Kier molecular flexibility index (Phi) is 5.81. The highest BCUT2D eigenvalue weighted by molar-refractivity contribution is 6.02. The van der Waals surface area contributed by atoms with Crippen molar-refractivity contribution in [2.45, 2.75) is 13.5 Å². The van der Waals surface area contributed by atoms with Crippen LogP contribution in [0.4, 0.5) is 5.69 Å². The van der Waals surface area contributed by atoms with Crippen molar-refractivity contribution >= 4 is 22.4 Å². The van der Waals surface area contributed by atoms with Crippen molar-refractivity contribution in [2.75, 3.05) is 26.1 Å². The molecule has 0 saturated heterocycles. The molecule has 0 bridgehead atoms. The van der Waals surface area contributed by atoms with Gasteiger partial charge in [0.25, 0.3) is 0 Å². The Morgan fingerprint density at radius 2 is 1.67 bits per heavy atom. The quantitative estimate of drug-likeness (QED) is 0.618. The first-order valence-electron chi connectivity index (χ1n) is 8.81. The van der Waals surface area contributed by atoms with E-state index in [0.717, 1.165) is 22.0 Å². The molecule has 0 aromatic heterocycles. The molecule has 27 heavy (non-hydrogen) atoms. The third-order valence-electron chi connectivity index (χ3n) is 4.29. The van der Waals surface area contributed by atoms with E-state index in [0.29, 0.717) is 30.2 Å². The molecule has 0 fully saturated rings. The molecule has 3 rings (SSSR count). The Morgan fingerprint density at radius 1 is 0.963 bits per heavy atom. The molecule has 0 saturated carbocycles. The van der Waals surface area contributed by atoms with E-state index >= 15 is 0 Å². The maximum Gasteiger partial charge on any atom is 0.338 e. The van der Waals surface area contributed by atoms with E-state index in [1.165, 1.54) is 0 Å². The number of anilines is 1. The molecular formula is C22H23NO4. The number of carbonyl (C=O) groups excluding carboxylic acids is 1. The Labute approximate surface area is 158 Å². The van der Waals surface area contributed by atoms with Crippen molar-refractivity contribution < 1.29 is 19.0 Å². The van der Waals surface area contributed by atoms with Crippen LogP contribution >= 0.6 is 0 Å². The standard InChI is InChI=1S/C22H23NO4/c1-4-27-22(24)17-10-16-12-20(25-2)21(26-3)13-18(16)19(11-17)23-14-15-8-6-5-7-9-15/h5-13,23H,4,14H2,1-3H3. The number of ether oxygens (including phenoxy) is 3. The summed E-state index contributed by atoms with van der Waals surface area (Å²) in [5.74, 6) is 0.897. The summed E-state index contributed by atoms with van der Waals surface area (Å²) in [6, 6.07) is 17.5. The van der Waals surface area contributed by atoms with Crippen LogP contribution in [0.2, 0.25) is 0 Å². The number of hydrogen-bond donors (Lipinski definition) is 1. The fraction of sp³-hybridized carbons (Fsp3) is 0.227.